The number of carboxylic acids is 1. The highest BCUT2D eigenvalue weighted by Crippen LogP contribution is 2.27. The van der Waals surface area contributed by atoms with Gasteiger partial charge < -0.3 is 14.8 Å². The predicted octanol–water partition coefficient (Wildman–Crippen LogP) is 2.53. The van der Waals surface area contributed by atoms with Crippen LogP contribution in [0.4, 0.5) is 0 Å². The second-order valence-corrected chi connectivity index (χ2v) is 4.97. The van der Waals surface area contributed by atoms with Crippen LogP contribution in [0.3, 0.4) is 0 Å². The van der Waals surface area contributed by atoms with Gasteiger partial charge in [0.05, 0.1) is 18.1 Å². The molecule has 1 aromatic carbocycles. The van der Waals surface area contributed by atoms with Gasteiger partial charge in [-0.15, -0.1) is 0 Å². The maximum Gasteiger partial charge on any atom is 0.317 e. The van der Waals surface area contributed by atoms with Crippen molar-refractivity contribution in [3.63, 3.8) is 0 Å². The SMILES string of the molecule is CC[C@H](Sc1nc2ccc(OC)cc2[nH]1)C(=O)O. The van der Waals surface area contributed by atoms with Gasteiger partial charge in [0.1, 0.15) is 11.0 Å². The fraction of sp³-hybridized carbons (Fsp3) is 0.333. The molecule has 0 radical (unpaired) electrons. The first-order valence-electron chi connectivity index (χ1n) is 5.57. The van der Waals surface area contributed by atoms with E-state index in [0.717, 1.165) is 16.8 Å². The molecule has 0 amide bonds. The number of carbonyl (C=O) groups is 1. The quantitative estimate of drug-likeness (QED) is 0.813. The van der Waals surface area contributed by atoms with Gasteiger partial charge in [-0.05, 0) is 18.6 Å². The number of aliphatic carboxylic acids is 1. The molecule has 0 unspecified atom stereocenters. The Kier molecular flexibility index (Phi) is 3.76. The van der Waals surface area contributed by atoms with Crippen LogP contribution in [0.15, 0.2) is 23.4 Å². The summed E-state index contributed by atoms with van der Waals surface area (Å²) in [6, 6.07) is 5.51. The van der Waals surface area contributed by atoms with E-state index in [1.807, 2.05) is 25.1 Å². The number of fused-ring (bicyclic) bond motifs is 1. The molecule has 0 aliphatic heterocycles. The number of H-pyrrole nitrogens is 1. The smallest absolute Gasteiger partial charge is 0.317 e. The Bertz CT molecular complexity index is 567. The molecule has 0 fully saturated rings. The van der Waals surface area contributed by atoms with E-state index < -0.39 is 11.2 Å². The van der Waals surface area contributed by atoms with E-state index in [0.29, 0.717) is 11.6 Å². The fourth-order valence-electron chi connectivity index (χ4n) is 1.59. The molecule has 2 aromatic rings. The molecule has 1 atom stereocenters. The zero-order valence-electron chi connectivity index (χ0n) is 10.1. The second-order valence-electron chi connectivity index (χ2n) is 3.78. The van der Waals surface area contributed by atoms with Crippen molar-refractivity contribution in [3.8, 4) is 5.75 Å². The van der Waals surface area contributed by atoms with Crippen LogP contribution in [0, 0.1) is 0 Å². The first-order chi connectivity index (χ1) is 8.63. The van der Waals surface area contributed by atoms with Gasteiger partial charge in [-0.3, -0.25) is 4.79 Å². The average Bonchev–Trinajstić information content (AvgIpc) is 2.76. The lowest BCUT2D eigenvalue weighted by Gasteiger charge is -2.05. The third kappa shape index (κ3) is 2.59. The standard InChI is InChI=1S/C12H14N2O3S/c1-3-10(11(15)16)18-12-13-8-5-4-7(17-2)6-9(8)14-12/h4-6,10H,3H2,1-2H3,(H,13,14)(H,15,16)/t10-/m0/s1. The average molecular weight is 266 g/mol. The summed E-state index contributed by atoms with van der Waals surface area (Å²) in [5, 5.41) is 9.15. The van der Waals surface area contributed by atoms with Gasteiger partial charge in [0.25, 0.3) is 0 Å². The van der Waals surface area contributed by atoms with Crippen molar-refractivity contribution >= 4 is 28.8 Å². The number of carboxylic acid groups (broad SMARTS) is 1. The number of nitrogens with one attached hydrogen (secondary N) is 1. The fourth-order valence-corrected chi connectivity index (χ4v) is 2.45. The number of nitrogens with zero attached hydrogens (tertiary/aromatic N) is 1. The largest absolute Gasteiger partial charge is 0.497 e. The van der Waals surface area contributed by atoms with Crippen LogP contribution in [-0.4, -0.2) is 33.4 Å². The summed E-state index contributed by atoms with van der Waals surface area (Å²) in [4.78, 5) is 18.4. The number of rotatable bonds is 5. The van der Waals surface area contributed by atoms with Crippen molar-refractivity contribution in [1.29, 1.82) is 0 Å². The van der Waals surface area contributed by atoms with E-state index in [1.54, 1.807) is 7.11 Å². The molecule has 0 aliphatic rings. The topological polar surface area (TPSA) is 75.2 Å². The first-order valence-corrected chi connectivity index (χ1v) is 6.45. The lowest BCUT2D eigenvalue weighted by atomic mass is 10.3. The van der Waals surface area contributed by atoms with Crippen molar-refractivity contribution in [2.24, 2.45) is 0 Å². The monoisotopic (exact) mass is 266 g/mol. The molecule has 1 aromatic heterocycles. The molecule has 0 saturated heterocycles. The van der Waals surface area contributed by atoms with E-state index in [1.165, 1.54) is 11.8 Å². The summed E-state index contributed by atoms with van der Waals surface area (Å²) in [6.45, 7) is 1.84. The zero-order valence-corrected chi connectivity index (χ0v) is 11.0. The molecule has 96 valence electrons. The lowest BCUT2D eigenvalue weighted by Crippen LogP contribution is -2.14. The van der Waals surface area contributed by atoms with Gasteiger partial charge in [0.15, 0.2) is 5.16 Å². The van der Waals surface area contributed by atoms with Crippen molar-refractivity contribution < 1.29 is 14.6 Å². The molecule has 0 aliphatic carbocycles. The van der Waals surface area contributed by atoms with Crippen LogP contribution in [0.2, 0.25) is 0 Å². The van der Waals surface area contributed by atoms with Gasteiger partial charge in [-0.2, -0.15) is 0 Å². The summed E-state index contributed by atoms with van der Waals surface area (Å²) in [5.74, 6) is -0.0755. The molecular formula is C12H14N2O3S. The maximum absolute atomic E-state index is 11.0. The van der Waals surface area contributed by atoms with Crippen LogP contribution in [-0.2, 0) is 4.79 Å². The summed E-state index contributed by atoms with van der Waals surface area (Å²) in [7, 11) is 1.60. The molecule has 18 heavy (non-hydrogen) atoms. The van der Waals surface area contributed by atoms with Crippen LogP contribution in [0.1, 0.15) is 13.3 Å². The van der Waals surface area contributed by atoms with Gasteiger partial charge in [0.2, 0.25) is 0 Å². The molecular weight excluding hydrogens is 252 g/mol. The normalized spacial score (nSPS) is 12.6. The van der Waals surface area contributed by atoms with Crippen molar-refractivity contribution in [2.75, 3.05) is 7.11 Å². The molecule has 0 saturated carbocycles. The highest BCUT2D eigenvalue weighted by molar-refractivity contribution is 8.00. The van der Waals surface area contributed by atoms with Gasteiger partial charge in [-0.1, -0.05) is 18.7 Å². The van der Waals surface area contributed by atoms with Crippen molar-refractivity contribution in [1.82, 2.24) is 9.97 Å². The third-order valence-corrected chi connectivity index (χ3v) is 3.80. The number of aromatic nitrogens is 2. The second kappa shape index (κ2) is 5.30. The van der Waals surface area contributed by atoms with Crippen LogP contribution in [0.25, 0.3) is 11.0 Å². The van der Waals surface area contributed by atoms with Crippen LogP contribution in [0.5, 0.6) is 5.75 Å². The Balaban J connectivity index is 2.27. The Morgan fingerprint density at radius 3 is 3.00 bits per heavy atom. The summed E-state index contributed by atoms with van der Waals surface area (Å²) in [5.41, 5.74) is 1.65. The van der Waals surface area contributed by atoms with E-state index >= 15 is 0 Å². The molecule has 0 bridgehead atoms. The van der Waals surface area contributed by atoms with Crippen LogP contribution < -0.4 is 4.74 Å². The number of imidazole rings is 1. The summed E-state index contributed by atoms with van der Waals surface area (Å²) in [6.07, 6.45) is 0.556. The predicted molar refractivity (Wildman–Crippen MR) is 70.2 cm³/mol. The maximum atomic E-state index is 11.0. The zero-order chi connectivity index (χ0) is 13.1. The van der Waals surface area contributed by atoms with Crippen molar-refractivity contribution in [2.45, 2.75) is 23.8 Å². The highest BCUT2D eigenvalue weighted by Gasteiger charge is 2.18. The third-order valence-electron chi connectivity index (χ3n) is 2.57. The number of ether oxygens (including phenoxy) is 1. The lowest BCUT2D eigenvalue weighted by molar-refractivity contribution is -0.136. The number of methoxy groups -OCH3 is 1. The highest BCUT2D eigenvalue weighted by atomic mass is 32.2. The summed E-state index contributed by atoms with van der Waals surface area (Å²) >= 11 is 1.23. The molecule has 0 spiro atoms. The van der Waals surface area contributed by atoms with E-state index in [9.17, 15) is 4.79 Å². The number of aromatic amines is 1. The Morgan fingerprint density at radius 1 is 1.61 bits per heavy atom. The molecule has 5 nitrogen and oxygen atoms in total. The molecule has 6 heteroatoms. The Labute approximate surface area is 109 Å². The van der Waals surface area contributed by atoms with Crippen LogP contribution >= 0.6 is 11.8 Å². The summed E-state index contributed by atoms with van der Waals surface area (Å²) < 4.78 is 5.12. The van der Waals surface area contributed by atoms with Crippen molar-refractivity contribution in [3.05, 3.63) is 18.2 Å². The van der Waals surface area contributed by atoms with E-state index in [4.69, 9.17) is 9.84 Å². The van der Waals surface area contributed by atoms with E-state index in [-0.39, 0.29) is 0 Å². The number of thioether (sulfide) groups is 1. The Morgan fingerprint density at radius 2 is 2.39 bits per heavy atom. The molecule has 1 heterocycles. The number of benzene rings is 1. The molecule has 2 rings (SSSR count). The Hall–Kier alpha value is -1.69. The molecule has 2 N–H and O–H groups in total. The minimum absolute atomic E-state index is 0.479. The first kappa shape index (κ1) is 12.8. The van der Waals surface area contributed by atoms with E-state index in [2.05, 4.69) is 9.97 Å². The minimum atomic E-state index is -0.819. The van der Waals surface area contributed by atoms with Gasteiger partial charge >= 0.3 is 5.97 Å². The van der Waals surface area contributed by atoms with Gasteiger partial charge in [-0.25, -0.2) is 4.98 Å². The number of hydrogen-bond donors (Lipinski definition) is 2. The minimum Gasteiger partial charge on any atom is -0.497 e. The van der Waals surface area contributed by atoms with Gasteiger partial charge in [0, 0.05) is 6.07 Å². The number of hydrogen-bond acceptors (Lipinski definition) is 4.